The standard InChI is InChI=1S/C25H30ClF6N3O5S/c1-4-35-21(16-6-5-14(11-17(16)40-2)12-18(24(27,28)29)25(30,31)32)19(26)20(34-35)22(36)33-13-23(37)9-7-15(8-10-23)41(3,38)39/h5-6,11,15,18,37H,4,7-10,12-13H2,1-3H3,(H,33,36). The van der Waals surface area contributed by atoms with Crippen molar-refractivity contribution in [2.45, 2.75) is 68.8 Å². The molecular formula is C25H30ClF6N3O5S. The van der Waals surface area contributed by atoms with E-state index in [1.54, 1.807) is 6.92 Å². The van der Waals surface area contributed by atoms with Crippen molar-refractivity contribution in [3.05, 3.63) is 34.5 Å². The molecule has 1 aromatic heterocycles. The minimum absolute atomic E-state index is 0.0778. The average molecular weight is 634 g/mol. The first kappa shape index (κ1) is 33.0. The Bertz CT molecular complexity index is 1350. The van der Waals surface area contributed by atoms with Crippen molar-refractivity contribution in [3.8, 4) is 17.0 Å². The van der Waals surface area contributed by atoms with E-state index in [9.17, 15) is 44.7 Å². The summed E-state index contributed by atoms with van der Waals surface area (Å²) in [7, 11) is -2.07. The number of aryl methyl sites for hydroxylation is 1. The number of carbonyl (C=O) groups excluding carboxylic acids is 1. The molecule has 1 fully saturated rings. The summed E-state index contributed by atoms with van der Waals surface area (Å²) >= 11 is 6.51. The number of carbonyl (C=O) groups is 1. The van der Waals surface area contributed by atoms with Crippen molar-refractivity contribution in [2.24, 2.45) is 5.92 Å². The van der Waals surface area contributed by atoms with Crippen LogP contribution in [0.25, 0.3) is 11.3 Å². The molecule has 2 aromatic rings. The van der Waals surface area contributed by atoms with E-state index in [1.165, 1.54) is 17.9 Å². The van der Waals surface area contributed by atoms with Gasteiger partial charge in [-0.1, -0.05) is 17.7 Å². The molecule has 1 amide bonds. The molecule has 41 heavy (non-hydrogen) atoms. The van der Waals surface area contributed by atoms with Gasteiger partial charge in [-0.2, -0.15) is 31.4 Å². The first-order chi connectivity index (χ1) is 18.8. The Hall–Kier alpha value is -2.52. The molecule has 16 heteroatoms. The van der Waals surface area contributed by atoms with Crippen LogP contribution in [-0.4, -0.2) is 72.3 Å². The molecule has 3 rings (SSSR count). The number of alkyl halides is 6. The molecule has 1 heterocycles. The predicted octanol–water partition coefficient (Wildman–Crippen LogP) is 4.96. The molecule has 1 aromatic carbocycles. The van der Waals surface area contributed by atoms with Crippen LogP contribution in [0.1, 0.15) is 48.7 Å². The number of aliphatic hydroxyl groups is 1. The second kappa shape index (κ2) is 12.0. The molecule has 1 aliphatic carbocycles. The van der Waals surface area contributed by atoms with Gasteiger partial charge in [-0.05, 0) is 56.7 Å². The zero-order valence-electron chi connectivity index (χ0n) is 22.4. The van der Waals surface area contributed by atoms with Gasteiger partial charge in [-0.15, -0.1) is 0 Å². The van der Waals surface area contributed by atoms with Gasteiger partial charge < -0.3 is 15.2 Å². The number of halogens is 7. The Morgan fingerprint density at radius 2 is 1.80 bits per heavy atom. The van der Waals surface area contributed by atoms with E-state index in [4.69, 9.17) is 16.3 Å². The highest BCUT2D eigenvalue weighted by Gasteiger charge is 2.56. The Kier molecular flexibility index (Phi) is 9.65. The second-order valence-corrected chi connectivity index (χ2v) is 12.8. The van der Waals surface area contributed by atoms with E-state index in [0.717, 1.165) is 18.4 Å². The third-order valence-electron chi connectivity index (χ3n) is 7.21. The summed E-state index contributed by atoms with van der Waals surface area (Å²) in [6.45, 7) is 1.67. The normalized spacial score (nSPS) is 20.3. The Morgan fingerprint density at radius 1 is 1.22 bits per heavy atom. The van der Waals surface area contributed by atoms with Gasteiger partial charge in [0, 0.05) is 24.9 Å². The van der Waals surface area contributed by atoms with Crippen molar-refractivity contribution in [2.75, 3.05) is 19.9 Å². The van der Waals surface area contributed by atoms with Gasteiger partial charge in [0.1, 0.15) is 15.6 Å². The summed E-state index contributed by atoms with van der Waals surface area (Å²) < 4.78 is 109. The largest absolute Gasteiger partial charge is 0.496 e. The topological polar surface area (TPSA) is 111 Å². The molecule has 2 N–H and O–H groups in total. The summed E-state index contributed by atoms with van der Waals surface area (Å²) in [5.41, 5.74) is -1.50. The molecule has 0 saturated heterocycles. The highest BCUT2D eigenvalue weighted by atomic mass is 35.5. The van der Waals surface area contributed by atoms with Crippen LogP contribution >= 0.6 is 11.6 Å². The molecule has 0 aliphatic heterocycles. The number of hydrogen-bond acceptors (Lipinski definition) is 6. The maximum Gasteiger partial charge on any atom is 0.400 e. The van der Waals surface area contributed by atoms with Crippen molar-refractivity contribution < 1.29 is 49.4 Å². The zero-order valence-corrected chi connectivity index (χ0v) is 23.9. The number of nitrogens with one attached hydrogen (secondary N) is 1. The molecule has 0 bridgehead atoms. The van der Waals surface area contributed by atoms with Gasteiger partial charge >= 0.3 is 12.4 Å². The average Bonchev–Trinajstić information content (AvgIpc) is 3.20. The number of benzene rings is 1. The van der Waals surface area contributed by atoms with Crippen LogP contribution in [0.2, 0.25) is 5.02 Å². The van der Waals surface area contributed by atoms with E-state index in [0.29, 0.717) is 0 Å². The molecule has 0 atom stereocenters. The molecular weight excluding hydrogens is 604 g/mol. The highest BCUT2D eigenvalue weighted by Crippen LogP contribution is 2.43. The quantitative estimate of drug-likeness (QED) is 0.378. The van der Waals surface area contributed by atoms with Crippen LogP contribution in [0.4, 0.5) is 26.3 Å². The molecule has 8 nitrogen and oxygen atoms in total. The van der Waals surface area contributed by atoms with Crippen molar-refractivity contribution in [1.29, 1.82) is 0 Å². The lowest BCUT2D eigenvalue weighted by Gasteiger charge is -2.35. The third-order valence-corrected chi connectivity index (χ3v) is 9.25. The monoisotopic (exact) mass is 633 g/mol. The van der Waals surface area contributed by atoms with E-state index in [2.05, 4.69) is 10.4 Å². The van der Waals surface area contributed by atoms with Crippen LogP contribution in [0, 0.1) is 5.92 Å². The van der Waals surface area contributed by atoms with Crippen LogP contribution in [0.3, 0.4) is 0 Å². The first-order valence-corrected chi connectivity index (χ1v) is 14.9. The molecule has 230 valence electrons. The summed E-state index contributed by atoms with van der Waals surface area (Å²) in [5, 5.41) is 16.9. The van der Waals surface area contributed by atoms with Gasteiger partial charge in [0.15, 0.2) is 11.6 Å². The third kappa shape index (κ3) is 7.66. The van der Waals surface area contributed by atoms with Gasteiger partial charge in [0.05, 0.1) is 28.7 Å². The van der Waals surface area contributed by atoms with E-state index in [1.807, 2.05) is 0 Å². The Labute approximate surface area is 237 Å². The number of nitrogens with zero attached hydrogens (tertiary/aromatic N) is 2. The smallest absolute Gasteiger partial charge is 0.400 e. The van der Waals surface area contributed by atoms with Gasteiger partial charge in [-0.25, -0.2) is 8.42 Å². The molecule has 0 unspecified atom stereocenters. The van der Waals surface area contributed by atoms with Gasteiger partial charge in [0.25, 0.3) is 5.91 Å². The SMILES string of the molecule is CCn1nc(C(=O)NCC2(O)CCC(S(C)(=O)=O)CC2)c(Cl)c1-c1ccc(CC(C(F)(F)F)C(F)(F)F)cc1OC. The van der Waals surface area contributed by atoms with Crippen LogP contribution in [-0.2, 0) is 22.8 Å². The number of ether oxygens (including phenoxy) is 1. The first-order valence-electron chi connectivity index (χ1n) is 12.6. The Balaban J connectivity index is 1.85. The van der Waals surface area contributed by atoms with E-state index < -0.39 is 51.3 Å². The maximum atomic E-state index is 13.1. The predicted molar refractivity (Wildman–Crippen MR) is 139 cm³/mol. The van der Waals surface area contributed by atoms with Crippen molar-refractivity contribution in [3.63, 3.8) is 0 Å². The zero-order chi connectivity index (χ0) is 31.0. The molecule has 0 spiro atoms. The number of hydrogen-bond donors (Lipinski definition) is 2. The minimum Gasteiger partial charge on any atom is -0.496 e. The van der Waals surface area contributed by atoms with Gasteiger partial charge in [0.2, 0.25) is 0 Å². The minimum atomic E-state index is -5.50. The fraction of sp³-hybridized carbons (Fsp3) is 0.600. The molecule has 1 saturated carbocycles. The molecule has 1 aliphatic rings. The fourth-order valence-corrected chi connectivity index (χ4v) is 6.26. The summed E-state index contributed by atoms with van der Waals surface area (Å²) in [5.74, 6) is -4.39. The lowest BCUT2D eigenvalue weighted by molar-refractivity contribution is -0.283. The lowest BCUT2D eigenvalue weighted by atomic mass is 9.84. The van der Waals surface area contributed by atoms with Crippen LogP contribution in [0.5, 0.6) is 5.75 Å². The summed E-state index contributed by atoms with van der Waals surface area (Å²) in [6.07, 6.45) is -10.4. The van der Waals surface area contributed by atoms with Crippen LogP contribution < -0.4 is 10.1 Å². The summed E-state index contributed by atoms with van der Waals surface area (Å²) in [4.78, 5) is 13.0. The van der Waals surface area contributed by atoms with Crippen LogP contribution in [0.15, 0.2) is 18.2 Å². The number of rotatable bonds is 9. The number of sulfone groups is 1. The molecule has 0 radical (unpaired) electrons. The number of aromatic nitrogens is 2. The summed E-state index contributed by atoms with van der Waals surface area (Å²) in [6, 6.07) is 3.39. The second-order valence-electron chi connectivity index (χ2n) is 10.1. The van der Waals surface area contributed by atoms with Gasteiger partial charge in [-0.3, -0.25) is 9.48 Å². The number of methoxy groups -OCH3 is 1. The number of amides is 1. The highest BCUT2D eigenvalue weighted by molar-refractivity contribution is 7.91. The fourth-order valence-electron chi connectivity index (χ4n) is 4.84. The van der Waals surface area contributed by atoms with Crippen molar-refractivity contribution >= 4 is 27.3 Å². The van der Waals surface area contributed by atoms with E-state index >= 15 is 0 Å². The Morgan fingerprint density at radius 3 is 2.29 bits per heavy atom. The van der Waals surface area contributed by atoms with Crippen molar-refractivity contribution in [1.82, 2.24) is 15.1 Å². The lowest BCUT2D eigenvalue weighted by Crippen LogP contribution is -2.47. The maximum absolute atomic E-state index is 13.1. The van der Waals surface area contributed by atoms with E-state index in [-0.39, 0.29) is 72.1 Å².